The smallest absolute Gasteiger partial charge is 0.221 e. The summed E-state index contributed by atoms with van der Waals surface area (Å²) in [4.78, 5) is 15.4. The molecule has 0 spiro atoms. The Morgan fingerprint density at radius 1 is 1.43 bits per heavy atom. The fourth-order valence-electron chi connectivity index (χ4n) is 2.40. The van der Waals surface area contributed by atoms with Gasteiger partial charge in [-0.3, -0.25) is 4.79 Å². The van der Waals surface area contributed by atoms with Crippen LogP contribution in [0.15, 0.2) is 17.5 Å². The summed E-state index contributed by atoms with van der Waals surface area (Å²) in [5.41, 5.74) is 6.21. The van der Waals surface area contributed by atoms with Gasteiger partial charge in [-0.2, -0.15) is 0 Å². The van der Waals surface area contributed by atoms with E-state index in [1.165, 1.54) is 4.88 Å². The van der Waals surface area contributed by atoms with Crippen molar-refractivity contribution in [2.45, 2.75) is 45.7 Å². The number of nitrogens with zero attached hydrogens (tertiary/aromatic N) is 1. The van der Waals surface area contributed by atoms with Crippen LogP contribution in [0.4, 0.5) is 0 Å². The number of hydrogen-bond acceptors (Lipinski definition) is 4. The highest BCUT2D eigenvalue weighted by atomic mass is 32.1. The van der Waals surface area contributed by atoms with Gasteiger partial charge < -0.3 is 16.0 Å². The largest absolute Gasteiger partial charge is 0.354 e. The maximum absolute atomic E-state index is 12.0. The second-order valence-electron chi connectivity index (χ2n) is 7.03. The summed E-state index contributed by atoms with van der Waals surface area (Å²) in [7, 11) is 4.06. The van der Waals surface area contributed by atoms with Crippen LogP contribution in [0, 0.1) is 5.41 Å². The second-order valence-corrected chi connectivity index (χ2v) is 8.01. The third-order valence-corrected chi connectivity index (χ3v) is 4.28. The van der Waals surface area contributed by atoms with E-state index < -0.39 is 0 Å². The maximum Gasteiger partial charge on any atom is 0.221 e. The van der Waals surface area contributed by atoms with Crippen LogP contribution in [0.2, 0.25) is 0 Å². The van der Waals surface area contributed by atoms with Crippen LogP contribution in [0.1, 0.15) is 44.5 Å². The van der Waals surface area contributed by atoms with Crippen LogP contribution in [0.3, 0.4) is 0 Å². The van der Waals surface area contributed by atoms with Gasteiger partial charge in [0.2, 0.25) is 5.91 Å². The van der Waals surface area contributed by atoms with E-state index in [0.29, 0.717) is 13.0 Å². The van der Waals surface area contributed by atoms with E-state index in [9.17, 15) is 4.79 Å². The van der Waals surface area contributed by atoms with E-state index in [4.69, 9.17) is 5.73 Å². The molecule has 0 aliphatic carbocycles. The Balaban J connectivity index is 2.44. The number of nitrogens with one attached hydrogen (secondary N) is 1. The Kier molecular flexibility index (Phi) is 6.84. The fraction of sp³-hybridized carbons (Fsp3) is 0.688. The Labute approximate surface area is 132 Å². The molecular formula is C16H29N3OS. The van der Waals surface area contributed by atoms with Crippen molar-refractivity contribution in [1.82, 2.24) is 10.2 Å². The predicted molar refractivity (Wildman–Crippen MR) is 90.4 cm³/mol. The molecule has 5 heteroatoms. The first-order chi connectivity index (χ1) is 9.69. The highest BCUT2D eigenvalue weighted by molar-refractivity contribution is 7.10. The molecule has 1 aromatic heterocycles. The topological polar surface area (TPSA) is 58.4 Å². The monoisotopic (exact) mass is 311 g/mol. The maximum atomic E-state index is 12.0. The molecule has 0 fully saturated rings. The molecule has 0 saturated heterocycles. The first-order valence-electron chi connectivity index (χ1n) is 7.41. The summed E-state index contributed by atoms with van der Waals surface area (Å²) in [5.74, 6) is 0.0372. The summed E-state index contributed by atoms with van der Waals surface area (Å²) in [5, 5.41) is 5.08. The average molecular weight is 311 g/mol. The zero-order valence-electron chi connectivity index (χ0n) is 13.8. The van der Waals surface area contributed by atoms with Gasteiger partial charge in [0.25, 0.3) is 0 Å². The van der Waals surface area contributed by atoms with Crippen molar-refractivity contribution in [2.24, 2.45) is 11.1 Å². The minimum atomic E-state index is -0.0791. The van der Waals surface area contributed by atoms with Crippen molar-refractivity contribution in [3.63, 3.8) is 0 Å². The number of nitrogens with two attached hydrogens (primary N) is 1. The summed E-state index contributed by atoms with van der Waals surface area (Å²) in [6.07, 6.45) is 1.24. The van der Waals surface area contributed by atoms with Crippen LogP contribution in [-0.2, 0) is 4.79 Å². The lowest BCUT2D eigenvalue weighted by atomic mass is 9.87. The first-order valence-corrected chi connectivity index (χ1v) is 8.29. The van der Waals surface area contributed by atoms with Gasteiger partial charge in [-0.05, 0) is 37.4 Å². The Morgan fingerprint density at radius 2 is 2.10 bits per heavy atom. The lowest BCUT2D eigenvalue weighted by molar-refractivity contribution is -0.121. The SMILES string of the molecule is CN(C)C(CNC(=O)CC(N)CC(C)(C)C)c1cccs1. The quantitative estimate of drug-likeness (QED) is 0.814. The summed E-state index contributed by atoms with van der Waals surface area (Å²) in [6.45, 7) is 7.05. The first kappa shape index (κ1) is 18.1. The molecule has 120 valence electrons. The van der Waals surface area contributed by atoms with E-state index >= 15 is 0 Å². The van der Waals surface area contributed by atoms with E-state index in [1.807, 2.05) is 20.2 Å². The second kappa shape index (κ2) is 7.92. The van der Waals surface area contributed by atoms with Gasteiger partial charge in [0.1, 0.15) is 0 Å². The van der Waals surface area contributed by atoms with Crippen LogP contribution in [-0.4, -0.2) is 37.5 Å². The van der Waals surface area contributed by atoms with Crippen molar-refractivity contribution in [2.75, 3.05) is 20.6 Å². The third-order valence-electron chi connectivity index (χ3n) is 3.31. The molecule has 21 heavy (non-hydrogen) atoms. The van der Waals surface area contributed by atoms with E-state index in [2.05, 4.69) is 42.4 Å². The zero-order valence-corrected chi connectivity index (χ0v) is 14.7. The molecule has 2 unspecified atom stereocenters. The highest BCUT2D eigenvalue weighted by Gasteiger charge is 2.20. The normalized spacial score (nSPS) is 15.0. The molecule has 0 aromatic carbocycles. The molecule has 1 heterocycles. The van der Waals surface area contributed by atoms with Gasteiger partial charge in [-0.25, -0.2) is 0 Å². The number of carbonyl (C=O) groups excluding carboxylic acids is 1. The van der Waals surface area contributed by atoms with Crippen LogP contribution >= 0.6 is 11.3 Å². The molecule has 0 aliphatic heterocycles. The van der Waals surface area contributed by atoms with Gasteiger partial charge >= 0.3 is 0 Å². The number of carbonyl (C=O) groups is 1. The molecule has 1 rings (SSSR count). The molecule has 0 aliphatic rings. The summed E-state index contributed by atoms with van der Waals surface area (Å²) in [6, 6.07) is 4.28. The average Bonchev–Trinajstić information content (AvgIpc) is 2.79. The Morgan fingerprint density at radius 3 is 2.57 bits per heavy atom. The number of amides is 1. The highest BCUT2D eigenvalue weighted by Crippen LogP contribution is 2.23. The number of thiophene rings is 1. The lowest BCUT2D eigenvalue weighted by Gasteiger charge is -2.25. The Hall–Kier alpha value is -0.910. The molecule has 1 amide bonds. The number of rotatable bonds is 7. The van der Waals surface area contributed by atoms with E-state index in [0.717, 1.165) is 6.42 Å². The van der Waals surface area contributed by atoms with Crippen LogP contribution in [0.25, 0.3) is 0 Å². The van der Waals surface area contributed by atoms with Crippen molar-refractivity contribution in [3.8, 4) is 0 Å². The molecule has 1 aromatic rings. The standard InChI is InChI=1S/C16H29N3OS/c1-16(2,3)10-12(17)9-15(20)18-11-13(19(4)5)14-7-6-8-21-14/h6-8,12-13H,9-11,17H2,1-5H3,(H,18,20). The molecule has 3 N–H and O–H groups in total. The molecule has 4 nitrogen and oxygen atoms in total. The third kappa shape index (κ3) is 7.07. The van der Waals surface area contributed by atoms with Crippen molar-refractivity contribution in [1.29, 1.82) is 0 Å². The molecule has 0 radical (unpaired) electrons. The van der Waals surface area contributed by atoms with Crippen LogP contribution in [0.5, 0.6) is 0 Å². The van der Waals surface area contributed by atoms with Crippen molar-refractivity contribution >= 4 is 17.2 Å². The minimum absolute atomic E-state index is 0.0372. The fourth-order valence-corrected chi connectivity index (χ4v) is 3.32. The molecule has 0 saturated carbocycles. The zero-order chi connectivity index (χ0) is 16.0. The van der Waals surface area contributed by atoms with Crippen molar-refractivity contribution in [3.05, 3.63) is 22.4 Å². The molecule has 0 bridgehead atoms. The Bertz CT molecular complexity index is 423. The minimum Gasteiger partial charge on any atom is -0.354 e. The van der Waals surface area contributed by atoms with Gasteiger partial charge in [0, 0.05) is 23.9 Å². The van der Waals surface area contributed by atoms with Gasteiger partial charge in [-0.1, -0.05) is 26.8 Å². The summed E-state index contributed by atoms with van der Waals surface area (Å²) >= 11 is 1.72. The molecular weight excluding hydrogens is 282 g/mol. The van der Waals surface area contributed by atoms with Gasteiger partial charge in [0.15, 0.2) is 0 Å². The van der Waals surface area contributed by atoms with Crippen LogP contribution < -0.4 is 11.1 Å². The molecule has 2 atom stereocenters. The number of hydrogen-bond donors (Lipinski definition) is 2. The lowest BCUT2D eigenvalue weighted by Crippen LogP contribution is -2.38. The van der Waals surface area contributed by atoms with Crippen molar-refractivity contribution < 1.29 is 4.79 Å². The predicted octanol–water partition coefficient (Wildman–Crippen LogP) is 2.62. The summed E-state index contributed by atoms with van der Waals surface area (Å²) < 4.78 is 0. The number of likely N-dealkylation sites (N-methyl/N-ethyl adjacent to an activating group) is 1. The van der Waals surface area contributed by atoms with E-state index in [-0.39, 0.29) is 23.4 Å². The van der Waals surface area contributed by atoms with Gasteiger partial charge in [-0.15, -0.1) is 11.3 Å². The van der Waals surface area contributed by atoms with E-state index in [1.54, 1.807) is 11.3 Å². The van der Waals surface area contributed by atoms with Gasteiger partial charge in [0.05, 0.1) is 6.04 Å².